The Morgan fingerprint density at radius 3 is 2.42 bits per heavy atom. The van der Waals surface area contributed by atoms with E-state index in [-0.39, 0.29) is 12.5 Å². The van der Waals surface area contributed by atoms with E-state index in [0.717, 1.165) is 6.07 Å². The van der Waals surface area contributed by atoms with Crippen LogP contribution in [0, 0.1) is 17.6 Å². The summed E-state index contributed by atoms with van der Waals surface area (Å²) >= 11 is -1.84. The lowest BCUT2D eigenvalue weighted by Crippen LogP contribution is -2.54. The van der Waals surface area contributed by atoms with Crippen molar-refractivity contribution in [3.8, 4) is 0 Å². The fourth-order valence-electron chi connectivity index (χ4n) is 2.09. The van der Waals surface area contributed by atoms with Gasteiger partial charge in [0.25, 0.3) is 0 Å². The molecule has 0 aromatic heterocycles. The summed E-state index contributed by atoms with van der Waals surface area (Å²) in [6.45, 7) is 7.40. The van der Waals surface area contributed by atoms with Crippen LogP contribution in [0.2, 0.25) is 0 Å². The summed E-state index contributed by atoms with van der Waals surface area (Å²) in [4.78, 5) is 12.2. The largest absolute Gasteiger partial charge is 0.598 e. The van der Waals surface area contributed by atoms with Crippen molar-refractivity contribution < 1.29 is 27.3 Å². The van der Waals surface area contributed by atoms with Crippen molar-refractivity contribution in [1.29, 1.82) is 0 Å². The molecule has 1 unspecified atom stereocenters. The molecule has 0 bridgehead atoms. The van der Waals surface area contributed by atoms with Gasteiger partial charge in [-0.3, -0.25) is 4.79 Å². The number of benzene rings is 1. The van der Waals surface area contributed by atoms with Crippen LogP contribution in [0.3, 0.4) is 0 Å². The van der Waals surface area contributed by atoms with Gasteiger partial charge in [-0.1, -0.05) is 26.0 Å². The third-order valence-corrected chi connectivity index (χ3v) is 5.25. The monoisotopic (exact) mass is 393 g/mol. The topological polar surface area (TPSA) is 61.4 Å². The second-order valence-corrected chi connectivity index (χ2v) is 9.52. The summed E-state index contributed by atoms with van der Waals surface area (Å²) < 4.78 is 61.5. The highest BCUT2D eigenvalue weighted by Crippen LogP contribution is 2.32. The lowest BCUT2D eigenvalue weighted by Gasteiger charge is -2.35. The number of alkyl halides is 1. The highest BCUT2D eigenvalue weighted by atomic mass is 32.2. The highest BCUT2D eigenvalue weighted by Gasteiger charge is 2.45. The van der Waals surface area contributed by atoms with Gasteiger partial charge in [0.1, 0.15) is 17.0 Å². The molecule has 0 amide bonds. The third-order valence-electron chi connectivity index (χ3n) is 3.56. The number of hydrogen-bond donors (Lipinski definition) is 1. The van der Waals surface area contributed by atoms with Crippen molar-refractivity contribution in [3.05, 3.63) is 35.4 Å². The summed E-state index contributed by atoms with van der Waals surface area (Å²) in [6.07, 6.45) is -0.627. The SMILES string of the molecule is CC(C)COC(=O)C[C@](CF)(N[S+]([O-])C(C)(C)C)c1cccc(F)c1F. The molecular weight excluding hydrogens is 367 g/mol. The minimum Gasteiger partial charge on any atom is -0.598 e. The fraction of sp³-hybridized carbons (Fsp3) is 0.611. The van der Waals surface area contributed by atoms with Crippen LogP contribution >= 0.6 is 0 Å². The maximum absolute atomic E-state index is 14.4. The lowest BCUT2D eigenvalue weighted by atomic mass is 9.88. The first-order valence-electron chi connectivity index (χ1n) is 8.28. The van der Waals surface area contributed by atoms with Gasteiger partial charge in [-0.15, -0.1) is 4.72 Å². The molecule has 2 atom stereocenters. The van der Waals surface area contributed by atoms with E-state index in [9.17, 15) is 22.5 Å². The number of rotatable bonds is 8. The fourth-order valence-corrected chi connectivity index (χ4v) is 2.99. The van der Waals surface area contributed by atoms with Gasteiger partial charge in [0.2, 0.25) is 0 Å². The average molecular weight is 393 g/mol. The number of halogens is 3. The molecule has 0 spiro atoms. The summed E-state index contributed by atoms with van der Waals surface area (Å²) in [6, 6.07) is 3.26. The van der Waals surface area contributed by atoms with E-state index in [0.29, 0.717) is 0 Å². The number of esters is 1. The first-order chi connectivity index (χ1) is 11.9. The Kier molecular flexibility index (Phi) is 7.98. The van der Waals surface area contributed by atoms with Crippen LogP contribution < -0.4 is 4.72 Å². The van der Waals surface area contributed by atoms with Gasteiger partial charge in [0.15, 0.2) is 11.6 Å². The molecule has 0 aliphatic carbocycles. The van der Waals surface area contributed by atoms with Gasteiger partial charge in [0.05, 0.1) is 13.0 Å². The van der Waals surface area contributed by atoms with E-state index in [2.05, 4.69) is 4.72 Å². The van der Waals surface area contributed by atoms with Crippen molar-refractivity contribution in [3.63, 3.8) is 0 Å². The van der Waals surface area contributed by atoms with Crippen molar-refractivity contribution >= 4 is 17.3 Å². The Bertz CT molecular complexity index is 622. The molecule has 1 rings (SSSR count). The molecule has 0 saturated heterocycles. The first-order valence-corrected chi connectivity index (χ1v) is 9.43. The minimum atomic E-state index is -2.00. The van der Waals surface area contributed by atoms with Crippen LogP contribution in [0.4, 0.5) is 13.2 Å². The Morgan fingerprint density at radius 1 is 1.31 bits per heavy atom. The third kappa shape index (κ3) is 5.89. The lowest BCUT2D eigenvalue weighted by molar-refractivity contribution is -0.146. The molecule has 1 N–H and O–H groups in total. The summed E-state index contributed by atoms with van der Waals surface area (Å²) in [5.74, 6) is -3.21. The van der Waals surface area contributed by atoms with Crippen LogP contribution in [0.5, 0.6) is 0 Å². The number of nitrogens with one attached hydrogen (secondary N) is 1. The normalized spacial score (nSPS) is 15.6. The maximum Gasteiger partial charge on any atom is 0.308 e. The Morgan fingerprint density at radius 2 is 1.92 bits per heavy atom. The Hall–Kier alpha value is -1.25. The van der Waals surface area contributed by atoms with E-state index >= 15 is 0 Å². The van der Waals surface area contributed by atoms with E-state index in [1.807, 2.05) is 13.8 Å². The molecule has 0 fully saturated rings. The summed E-state index contributed by atoms with van der Waals surface area (Å²) in [5.41, 5.74) is -2.41. The van der Waals surface area contributed by atoms with Crippen LogP contribution in [-0.4, -0.2) is 28.6 Å². The second-order valence-electron chi connectivity index (χ2n) is 7.55. The van der Waals surface area contributed by atoms with Gasteiger partial charge in [0, 0.05) is 16.9 Å². The van der Waals surface area contributed by atoms with E-state index in [1.165, 1.54) is 12.1 Å². The van der Waals surface area contributed by atoms with Crippen LogP contribution in [-0.2, 0) is 26.4 Å². The molecule has 1 aromatic rings. The van der Waals surface area contributed by atoms with Crippen LogP contribution in [0.15, 0.2) is 18.2 Å². The number of carbonyl (C=O) groups is 1. The molecular formula is C18H26F3NO3S. The zero-order valence-corrected chi connectivity index (χ0v) is 16.5. The van der Waals surface area contributed by atoms with Crippen molar-refractivity contribution in [2.75, 3.05) is 13.3 Å². The average Bonchev–Trinajstić information content (AvgIpc) is 2.53. The predicted octanol–water partition coefficient (Wildman–Crippen LogP) is 3.77. The van der Waals surface area contributed by atoms with E-state index in [1.54, 1.807) is 20.8 Å². The molecule has 0 heterocycles. The number of ether oxygens (including phenoxy) is 1. The van der Waals surface area contributed by atoms with Crippen LogP contribution in [0.1, 0.15) is 46.6 Å². The molecule has 0 aliphatic heterocycles. The van der Waals surface area contributed by atoms with Gasteiger partial charge in [-0.2, -0.15) is 0 Å². The summed E-state index contributed by atoms with van der Waals surface area (Å²) in [7, 11) is 0. The molecule has 0 aliphatic rings. The van der Waals surface area contributed by atoms with E-state index < -0.39 is 57.9 Å². The predicted molar refractivity (Wildman–Crippen MR) is 95.5 cm³/mol. The maximum atomic E-state index is 14.4. The quantitative estimate of drug-likeness (QED) is 0.539. The van der Waals surface area contributed by atoms with Gasteiger partial charge in [-0.05, 0) is 32.8 Å². The Labute approximate surface area is 155 Å². The van der Waals surface area contributed by atoms with Crippen molar-refractivity contribution in [2.24, 2.45) is 5.92 Å². The molecule has 0 saturated carbocycles. The molecule has 4 nitrogen and oxygen atoms in total. The van der Waals surface area contributed by atoms with Gasteiger partial charge >= 0.3 is 5.97 Å². The first kappa shape index (κ1) is 22.8. The minimum absolute atomic E-state index is 0.0568. The van der Waals surface area contributed by atoms with Crippen molar-refractivity contribution in [1.82, 2.24) is 4.72 Å². The van der Waals surface area contributed by atoms with Crippen molar-refractivity contribution in [2.45, 2.75) is 51.3 Å². The smallest absolute Gasteiger partial charge is 0.308 e. The number of carbonyl (C=O) groups excluding carboxylic acids is 1. The van der Waals surface area contributed by atoms with Crippen LogP contribution in [0.25, 0.3) is 0 Å². The molecule has 0 radical (unpaired) electrons. The second kappa shape index (κ2) is 9.10. The molecule has 8 heteroatoms. The van der Waals surface area contributed by atoms with Gasteiger partial charge in [-0.25, -0.2) is 13.2 Å². The Balaban J connectivity index is 3.29. The zero-order chi connectivity index (χ0) is 20.1. The standard InChI is InChI=1S/C18H26F3NO3S/c1-12(2)10-25-15(23)9-18(11-19,22-26(24)17(3,4)5)13-7-6-8-14(20)16(13)21/h6-8,12,22H,9-11H2,1-5H3/t18-,26?/m1/s1. The highest BCUT2D eigenvalue weighted by molar-refractivity contribution is 7.90. The molecule has 26 heavy (non-hydrogen) atoms. The summed E-state index contributed by atoms with van der Waals surface area (Å²) in [5, 5.41) is 0. The molecule has 1 aromatic carbocycles. The van der Waals surface area contributed by atoms with Gasteiger partial charge < -0.3 is 9.29 Å². The number of hydrogen-bond acceptors (Lipinski definition) is 4. The zero-order valence-electron chi connectivity index (χ0n) is 15.7. The molecule has 148 valence electrons. The van der Waals surface area contributed by atoms with E-state index in [4.69, 9.17) is 4.74 Å².